The standard InChI is InChI=1S/C17H28N2O/c1-4-20-17-11-6-5-10-16(17)14(2)19-12-8-7-9-15(19)13-18-3/h5-6,10-11,14-15,18H,4,7-9,12-13H2,1-3H3. The first-order valence-electron chi connectivity index (χ1n) is 7.90. The Hall–Kier alpha value is -1.06. The molecule has 0 aliphatic carbocycles. The van der Waals surface area contributed by atoms with Crippen LogP contribution in [0.4, 0.5) is 0 Å². The molecule has 2 atom stereocenters. The molecule has 1 saturated heterocycles. The summed E-state index contributed by atoms with van der Waals surface area (Å²) in [6.07, 6.45) is 3.95. The van der Waals surface area contributed by atoms with Crippen molar-refractivity contribution in [3.8, 4) is 5.75 Å². The number of para-hydroxylation sites is 1. The lowest BCUT2D eigenvalue weighted by Crippen LogP contribution is -2.46. The van der Waals surface area contributed by atoms with Gasteiger partial charge in [-0.25, -0.2) is 0 Å². The normalized spacial score (nSPS) is 21.6. The summed E-state index contributed by atoms with van der Waals surface area (Å²) in [7, 11) is 2.05. The largest absolute Gasteiger partial charge is 0.494 e. The zero-order chi connectivity index (χ0) is 14.4. The second-order valence-corrected chi connectivity index (χ2v) is 5.59. The van der Waals surface area contributed by atoms with Crippen molar-refractivity contribution in [1.29, 1.82) is 0 Å². The van der Waals surface area contributed by atoms with E-state index >= 15 is 0 Å². The van der Waals surface area contributed by atoms with Gasteiger partial charge in [-0.1, -0.05) is 24.6 Å². The van der Waals surface area contributed by atoms with Crippen molar-refractivity contribution in [2.24, 2.45) is 0 Å². The minimum Gasteiger partial charge on any atom is -0.494 e. The molecule has 112 valence electrons. The van der Waals surface area contributed by atoms with Crippen molar-refractivity contribution >= 4 is 0 Å². The second kappa shape index (κ2) is 7.65. The Morgan fingerprint density at radius 3 is 2.90 bits per heavy atom. The van der Waals surface area contributed by atoms with E-state index in [-0.39, 0.29) is 0 Å². The van der Waals surface area contributed by atoms with E-state index in [1.54, 1.807) is 0 Å². The molecule has 1 aromatic carbocycles. The molecule has 1 fully saturated rings. The van der Waals surface area contributed by atoms with E-state index in [0.29, 0.717) is 12.1 Å². The van der Waals surface area contributed by atoms with Gasteiger partial charge in [0.2, 0.25) is 0 Å². The maximum Gasteiger partial charge on any atom is 0.124 e. The second-order valence-electron chi connectivity index (χ2n) is 5.59. The van der Waals surface area contributed by atoms with Crippen molar-refractivity contribution in [3.63, 3.8) is 0 Å². The van der Waals surface area contributed by atoms with Crippen LogP contribution < -0.4 is 10.1 Å². The van der Waals surface area contributed by atoms with Crippen LogP contribution in [-0.2, 0) is 0 Å². The third-order valence-corrected chi connectivity index (χ3v) is 4.28. The van der Waals surface area contributed by atoms with Gasteiger partial charge in [-0.05, 0) is 46.3 Å². The summed E-state index contributed by atoms with van der Waals surface area (Å²) in [6.45, 7) is 7.34. The highest BCUT2D eigenvalue weighted by Gasteiger charge is 2.28. The molecular weight excluding hydrogens is 248 g/mol. The average Bonchev–Trinajstić information content (AvgIpc) is 2.48. The molecule has 0 amide bonds. The number of rotatable bonds is 6. The SMILES string of the molecule is CCOc1ccccc1C(C)N1CCCCC1CNC. The molecular formula is C17H28N2O. The number of nitrogens with one attached hydrogen (secondary N) is 1. The van der Waals surface area contributed by atoms with Gasteiger partial charge in [0.05, 0.1) is 6.61 Å². The summed E-state index contributed by atoms with van der Waals surface area (Å²) in [5.74, 6) is 1.04. The third kappa shape index (κ3) is 3.53. The van der Waals surface area contributed by atoms with E-state index < -0.39 is 0 Å². The molecule has 0 spiro atoms. The van der Waals surface area contributed by atoms with Gasteiger partial charge < -0.3 is 10.1 Å². The van der Waals surface area contributed by atoms with Crippen LogP contribution in [0.25, 0.3) is 0 Å². The molecule has 2 rings (SSSR count). The first kappa shape index (κ1) is 15.3. The Labute approximate surface area is 123 Å². The monoisotopic (exact) mass is 276 g/mol. The Morgan fingerprint density at radius 2 is 2.15 bits per heavy atom. The van der Waals surface area contributed by atoms with Crippen molar-refractivity contribution in [1.82, 2.24) is 10.2 Å². The highest BCUT2D eigenvalue weighted by atomic mass is 16.5. The first-order valence-corrected chi connectivity index (χ1v) is 7.90. The van der Waals surface area contributed by atoms with Gasteiger partial charge in [0.15, 0.2) is 0 Å². The summed E-state index contributed by atoms with van der Waals surface area (Å²) in [6, 6.07) is 9.52. The predicted molar refractivity (Wildman–Crippen MR) is 84.3 cm³/mol. The fourth-order valence-corrected chi connectivity index (χ4v) is 3.28. The Morgan fingerprint density at radius 1 is 1.35 bits per heavy atom. The molecule has 1 aromatic rings. The quantitative estimate of drug-likeness (QED) is 0.863. The van der Waals surface area contributed by atoms with Gasteiger partial charge in [-0.3, -0.25) is 4.90 Å². The summed E-state index contributed by atoms with van der Waals surface area (Å²) in [5, 5.41) is 3.34. The van der Waals surface area contributed by atoms with E-state index in [1.165, 1.54) is 31.4 Å². The summed E-state index contributed by atoms with van der Waals surface area (Å²) >= 11 is 0. The number of hydrogen-bond donors (Lipinski definition) is 1. The molecule has 0 radical (unpaired) electrons. The highest BCUT2D eigenvalue weighted by molar-refractivity contribution is 5.35. The molecule has 20 heavy (non-hydrogen) atoms. The van der Waals surface area contributed by atoms with Gasteiger partial charge >= 0.3 is 0 Å². The molecule has 1 heterocycles. The number of piperidine rings is 1. The molecule has 3 heteroatoms. The molecule has 0 saturated carbocycles. The zero-order valence-electron chi connectivity index (χ0n) is 13.1. The zero-order valence-corrected chi connectivity index (χ0v) is 13.1. The maximum absolute atomic E-state index is 5.80. The number of likely N-dealkylation sites (tertiary alicyclic amines) is 1. The number of likely N-dealkylation sites (N-methyl/N-ethyl adjacent to an activating group) is 1. The Balaban J connectivity index is 2.18. The van der Waals surface area contributed by atoms with Crippen molar-refractivity contribution in [2.45, 2.75) is 45.2 Å². The number of hydrogen-bond acceptors (Lipinski definition) is 3. The van der Waals surface area contributed by atoms with Crippen LogP contribution in [0.15, 0.2) is 24.3 Å². The van der Waals surface area contributed by atoms with E-state index in [0.717, 1.165) is 18.9 Å². The van der Waals surface area contributed by atoms with Crippen molar-refractivity contribution in [2.75, 3.05) is 26.7 Å². The van der Waals surface area contributed by atoms with E-state index in [2.05, 4.69) is 41.4 Å². The lowest BCUT2D eigenvalue weighted by atomic mass is 9.96. The van der Waals surface area contributed by atoms with E-state index in [1.807, 2.05) is 14.0 Å². The summed E-state index contributed by atoms with van der Waals surface area (Å²) in [4.78, 5) is 2.64. The van der Waals surface area contributed by atoms with Gasteiger partial charge in [0.1, 0.15) is 5.75 Å². The van der Waals surface area contributed by atoms with E-state index in [4.69, 9.17) is 4.74 Å². The molecule has 1 aliphatic rings. The van der Waals surface area contributed by atoms with E-state index in [9.17, 15) is 0 Å². The van der Waals surface area contributed by atoms with Gasteiger partial charge in [-0.15, -0.1) is 0 Å². The molecule has 1 aliphatic heterocycles. The lowest BCUT2D eigenvalue weighted by molar-refractivity contribution is 0.101. The van der Waals surface area contributed by atoms with Crippen molar-refractivity contribution in [3.05, 3.63) is 29.8 Å². The summed E-state index contributed by atoms with van der Waals surface area (Å²) in [5.41, 5.74) is 1.32. The van der Waals surface area contributed by atoms with Crippen LogP contribution in [0.5, 0.6) is 5.75 Å². The number of nitrogens with zero attached hydrogens (tertiary/aromatic N) is 1. The molecule has 0 aromatic heterocycles. The van der Waals surface area contributed by atoms with Crippen LogP contribution in [0, 0.1) is 0 Å². The van der Waals surface area contributed by atoms with Crippen LogP contribution in [-0.4, -0.2) is 37.7 Å². The number of ether oxygens (including phenoxy) is 1. The Kier molecular flexibility index (Phi) is 5.86. The van der Waals surface area contributed by atoms with Crippen molar-refractivity contribution < 1.29 is 4.74 Å². The Bertz CT molecular complexity index is 406. The topological polar surface area (TPSA) is 24.5 Å². The fraction of sp³-hybridized carbons (Fsp3) is 0.647. The minimum absolute atomic E-state index is 0.413. The molecule has 0 bridgehead atoms. The smallest absolute Gasteiger partial charge is 0.124 e. The van der Waals surface area contributed by atoms with Crippen LogP contribution in [0.1, 0.15) is 44.7 Å². The van der Waals surface area contributed by atoms with Crippen LogP contribution in [0.2, 0.25) is 0 Å². The van der Waals surface area contributed by atoms with Gasteiger partial charge in [-0.2, -0.15) is 0 Å². The highest BCUT2D eigenvalue weighted by Crippen LogP contribution is 2.33. The minimum atomic E-state index is 0.413. The lowest BCUT2D eigenvalue weighted by Gasteiger charge is -2.40. The average molecular weight is 276 g/mol. The maximum atomic E-state index is 5.80. The van der Waals surface area contributed by atoms with Gasteiger partial charge in [0, 0.05) is 24.2 Å². The summed E-state index contributed by atoms with van der Waals surface area (Å²) < 4.78 is 5.80. The molecule has 1 N–H and O–H groups in total. The third-order valence-electron chi connectivity index (χ3n) is 4.28. The van der Waals surface area contributed by atoms with Gasteiger partial charge in [0.25, 0.3) is 0 Å². The number of benzene rings is 1. The molecule has 3 nitrogen and oxygen atoms in total. The molecule has 2 unspecified atom stereocenters. The first-order chi connectivity index (χ1) is 9.77. The van der Waals surface area contributed by atoms with Crippen LogP contribution in [0.3, 0.4) is 0 Å². The fourth-order valence-electron chi connectivity index (χ4n) is 3.28. The predicted octanol–water partition coefficient (Wildman–Crippen LogP) is 3.22. The van der Waals surface area contributed by atoms with Crippen LogP contribution >= 0.6 is 0 Å².